The van der Waals surface area contributed by atoms with Crippen LogP contribution in [-0.4, -0.2) is 9.97 Å². The molecule has 16 heavy (non-hydrogen) atoms. The number of hydrogen-bond acceptors (Lipinski definition) is 3. The molecule has 0 aliphatic carbocycles. The topological polar surface area (TPSA) is 51.8 Å². The van der Waals surface area contributed by atoms with Crippen LogP contribution in [-0.2, 0) is 0 Å². The molecular formula is C11H9F2N3. The van der Waals surface area contributed by atoms with Gasteiger partial charge in [0.05, 0.1) is 0 Å². The highest BCUT2D eigenvalue weighted by molar-refractivity contribution is 5.56. The molecule has 0 saturated heterocycles. The average Bonchev–Trinajstić information content (AvgIpc) is 2.29. The fourth-order valence-electron chi connectivity index (χ4n) is 1.29. The predicted octanol–water partition coefficient (Wildman–Crippen LogP) is 2.66. The summed E-state index contributed by atoms with van der Waals surface area (Å²) in [7, 11) is 0. The fraction of sp³-hybridized carbons (Fsp3) is 0.0909. The summed E-state index contributed by atoms with van der Waals surface area (Å²) in [6.07, 6.45) is -0.936. The van der Waals surface area contributed by atoms with Crippen LogP contribution in [0.2, 0.25) is 0 Å². The van der Waals surface area contributed by atoms with Gasteiger partial charge in [-0.2, -0.15) is 0 Å². The van der Waals surface area contributed by atoms with Gasteiger partial charge >= 0.3 is 0 Å². The Bertz CT molecular complexity index is 483. The van der Waals surface area contributed by atoms with Crippen LogP contribution >= 0.6 is 0 Å². The van der Waals surface area contributed by atoms with Crippen molar-refractivity contribution >= 4 is 5.82 Å². The largest absolute Gasteiger partial charge is 0.384 e. The molecule has 2 aromatic rings. The zero-order chi connectivity index (χ0) is 11.5. The number of hydrogen-bond donors (Lipinski definition) is 1. The van der Waals surface area contributed by atoms with Crippen LogP contribution < -0.4 is 5.73 Å². The molecule has 2 rings (SSSR count). The van der Waals surface area contributed by atoms with E-state index in [1.54, 1.807) is 18.2 Å². The van der Waals surface area contributed by atoms with Gasteiger partial charge in [0, 0.05) is 17.3 Å². The highest BCUT2D eigenvalue weighted by atomic mass is 19.3. The van der Waals surface area contributed by atoms with Crippen molar-refractivity contribution in [1.82, 2.24) is 9.97 Å². The third-order valence-corrected chi connectivity index (χ3v) is 2.10. The molecule has 0 unspecified atom stereocenters. The van der Waals surface area contributed by atoms with Crippen molar-refractivity contribution in [2.45, 2.75) is 6.43 Å². The third-order valence-electron chi connectivity index (χ3n) is 2.10. The Balaban J connectivity index is 2.35. The van der Waals surface area contributed by atoms with Gasteiger partial charge in [-0.05, 0) is 6.07 Å². The highest BCUT2D eigenvalue weighted by Gasteiger charge is 2.07. The number of nitrogens with two attached hydrogens (primary N) is 1. The van der Waals surface area contributed by atoms with Crippen molar-refractivity contribution in [1.29, 1.82) is 0 Å². The molecule has 0 bridgehead atoms. The van der Waals surface area contributed by atoms with Crippen LogP contribution in [0.4, 0.5) is 14.6 Å². The molecule has 0 aliphatic rings. The maximum Gasteiger partial charge on any atom is 0.263 e. The maximum absolute atomic E-state index is 12.3. The molecule has 1 aromatic carbocycles. The smallest absolute Gasteiger partial charge is 0.263 e. The second-order valence-electron chi connectivity index (χ2n) is 3.23. The van der Waals surface area contributed by atoms with E-state index in [2.05, 4.69) is 9.97 Å². The fourth-order valence-corrected chi connectivity index (χ4v) is 1.29. The summed E-state index contributed by atoms with van der Waals surface area (Å²) in [5.41, 5.74) is 6.15. The summed E-state index contributed by atoms with van der Waals surface area (Å²) in [6, 6.07) is 7.38. The molecule has 0 aliphatic heterocycles. The lowest BCUT2D eigenvalue weighted by atomic mass is 10.1. The monoisotopic (exact) mass is 221 g/mol. The SMILES string of the molecule is Nc1ccnc(-c2ccc(C(F)F)cc2)n1. The molecule has 0 spiro atoms. The van der Waals surface area contributed by atoms with Crippen molar-refractivity contribution in [3.05, 3.63) is 42.1 Å². The molecule has 0 amide bonds. The number of anilines is 1. The molecule has 0 atom stereocenters. The third kappa shape index (κ3) is 2.13. The Kier molecular flexibility index (Phi) is 2.76. The number of nitrogen functional groups attached to an aromatic ring is 1. The first-order chi connectivity index (χ1) is 7.66. The first-order valence-electron chi connectivity index (χ1n) is 4.64. The lowest BCUT2D eigenvalue weighted by molar-refractivity contribution is 0.151. The zero-order valence-electron chi connectivity index (χ0n) is 8.27. The van der Waals surface area contributed by atoms with Gasteiger partial charge in [-0.3, -0.25) is 0 Å². The van der Waals surface area contributed by atoms with E-state index in [0.717, 1.165) is 0 Å². The minimum atomic E-state index is -2.46. The van der Waals surface area contributed by atoms with E-state index in [0.29, 0.717) is 17.2 Å². The zero-order valence-corrected chi connectivity index (χ0v) is 8.27. The Hall–Kier alpha value is -2.04. The van der Waals surface area contributed by atoms with Gasteiger partial charge in [-0.15, -0.1) is 0 Å². The molecule has 0 fully saturated rings. The second-order valence-corrected chi connectivity index (χ2v) is 3.23. The summed E-state index contributed by atoms with van der Waals surface area (Å²) in [5, 5.41) is 0. The molecule has 1 heterocycles. The van der Waals surface area contributed by atoms with E-state index in [-0.39, 0.29) is 5.56 Å². The van der Waals surface area contributed by atoms with Crippen molar-refractivity contribution in [3.8, 4) is 11.4 Å². The van der Waals surface area contributed by atoms with Gasteiger partial charge in [0.1, 0.15) is 5.82 Å². The minimum Gasteiger partial charge on any atom is -0.384 e. The number of benzene rings is 1. The van der Waals surface area contributed by atoms with Crippen molar-refractivity contribution in [2.75, 3.05) is 5.73 Å². The van der Waals surface area contributed by atoms with Gasteiger partial charge in [-0.1, -0.05) is 24.3 Å². The number of alkyl halides is 2. The van der Waals surface area contributed by atoms with E-state index in [9.17, 15) is 8.78 Å². The second kappa shape index (κ2) is 4.22. The van der Waals surface area contributed by atoms with Gasteiger partial charge in [0.25, 0.3) is 6.43 Å². The van der Waals surface area contributed by atoms with Crippen LogP contribution in [0.3, 0.4) is 0 Å². The lowest BCUT2D eigenvalue weighted by Gasteiger charge is -2.02. The Morgan fingerprint density at radius 2 is 1.75 bits per heavy atom. The first kappa shape index (κ1) is 10.5. The van der Waals surface area contributed by atoms with Crippen LogP contribution in [0.5, 0.6) is 0 Å². The van der Waals surface area contributed by atoms with Crippen LogP contribution in [0.25, 0.3) is 11.4 Å². The average molecular weight is 221 g/mol. The van der Waals surface area contributed by atoms with Crippen LogP contribution in [0.1, 0.15) is 12.0 Å². The molecule has 0 saturated carbocycles. The minimum absolute atomic E-state index is 0.0207. The Labute approximate surface area is 91.0 Å². The summed E-state index contributed by atoms with van der Waals surface area (Å²) in [6.45, 7) is 0. The van der Waals surface area contributed by atoms with Gasteiger partial charge in [0.15, 0.2) is 5.82 Å². The highest BCUT2D eigenvalue weighted by Crippen LogP contribution is 2.22. The van der Waals surface area contributed by atoms with Crippen LogP contribution in [0.15, 0.2) is 36.5 Å². The standard InChI is InChI=1S/C11H9F2N3/c12-10(13)7-1-3-8(4-2-7)11-15-6-5-9(14)16-11/h1-6,10H,(H2,14,15,16). The molecule has 2 N–H and O–H groups in total. The first-order valence-corrected chi connectivity index (χ1v) is 4.64. The summed E-state index contributed by atoms with van der Waals surface area (Å²) in [4.78, 5) is 8.00. The van der Waals surface area contributed by atoms with E-state index >= 15 is 0 Å². The van der Waals surface area contributed by atoms with E-state index in [1.165, 1.54) is 18.3 Å². The van der Waals surface area contributed by atoms with Gasteiger partial charge in [-0.25, -0.2) is 18.7 Å². The van der Waals surface area contributed by atoms with Crippen molar-refractivity contribution in [2.24, 2.45) is 0 Å². The number of aromatic nitrogens is 2. The molecule has 5 heteroatoms. The molecule has 82 valence electrons. The summed E-state index contributed by atoms with van der Waals surface area (Å²) in [5.74, 6) is 0.781. The molecule has 0 radical (unpaired) electrons. The normalized spacial score (nSPS) is 10.7. The quantitative estimate of drug-likeness (QED) is 0.848. The Morgan fingerprint density at radius 1 is 1.06 bits per heavy atom. The lowest BCUT2D eigenvalue weighted by Crippen LogP contribution is -1.94. The van der Waals surface area contributed by atoms with Crippen molar-refractivity contribution < 1.29 is 8.78 Å². The number of halogens is 2. The van der Waals surface area contributed by atoms with E-state index in [4.69, 9.17) is 5.73 Å². The number of nitrogens with zero attached hydrogens (tertiary/aromatic N) is 2. The molecule has 3 nitrogen and oxygen atoms in total. The van der Waals surface area contributed by atoms with Gasteiger partial charge < -0.3 is 5.73 Å². The van der Waals surface area contributed by atoms with Crippen LogP contribution in [0, 0.1) is 0 Å². The van der Waals surface area contributed by atoms with E-state index in [1.807, 2.05) is 0 Å². The van der Waals surface area contributed by atoms with Gasteiger partial charge in [0.2, 0.25) is 0 Å². The number of rotatable bonds is 2. The summed E-state index contributed by atoms with van der Waals surface area (Å²) >= 11 is 0. The maximum atomic E-state index is 12.3. The van der Waals surface area contributed by atoms with Crippen molar-refractivity contribution in [3.63, 3.8) is 0 Å². The molecular weight excluding hydrogens is 212 g/mol. The van der Waals surface area contributed by atoms with E-state index < -0.39 is 6.43 Å². The molecule has 1 aromatic heterocycles. The Morgan fingerprint density at radius 3 is 2.31 bits per heavy atom. The predicted molar refractivity (Wildman–Crippen MR) is 56.8 cm³/mol. The summed E-state index contributed by atoms with van der Waals surface area (Å²) < 4.78 is 24.6.